The number of alkyl halides is 3. The van der Waals surface area contributed by atoms with Gasteiger partial charge in [0.1, 0.15) is 0 Å². The number of aromatic nitrogens is 1. The molecule has 4 rings (SSSR count). The highest BCUT2D eigenvalue weighted by Crippen LogP contribution is 2.38. The first-order valence-corrected chi connectivity index (χ1v) is 11.6. The molecule has 1 fully saturated rings. The number of carbonyl (C=O) groups is 1. The number of aryl methyl sites for hydroxylation is 1. The molecule has 0 radical (unpaired) electrons. The normalized spacial score (nSPS) is 15.5. The van der Waals surface area contributed by atoms with Crippen LogP contribution in [0.5, 0.6) is 0 Å². The number of carbonyl (C=O) groups excluding carboxylic acids is 1. The molecule has 4 nitrogen and oxygen atoms in total. The van der Waals surface area contributed by atoms with Gasteiger partial charge < -0.3 is 9.47 Å². The molecule has 0 saturated carbocycles. The van der Waals surface area contributed by atoms with Gasteiger partial charge in [-0.25, -0.2) is 0 Å². The maximum atomic E-state index is 13.2. The van der Waals surface area contributed by atoms with Crippen molar-refractivity contribution in [2.45, 2.75) is 20.0 Å². The minimum atomic E-state index is -4.42. The lowest BCUT2D eigenvalue weighted by Crippen LogP contribution is -2.27. The number of rotatable bonds is 4. The zero-order chi connectivity index (χ0) is 24.8. The Bertz CT molecular complexity index is 1310. The van der Waals surface area contributed by atoms with Crippen molar-refractivity contribution in [1.29, 1.82) is 0 Å². The zero-order valence-corrected chi connectivity index (χ0v) is 20.6. The molecular formula is C25H22F3N3OS2. The summed E-state index contributed by atoms with van der Waals surface area (Å²) in [6.45, 7) is 3.64. The SMILES string of the molecule is Cc1cc(/C=C2/SC(=S)N(c3ccc(N(C)C)cc3)C2=O)c(C)n1-c1cccc(C(F)(F)F)c1. The predicted molar refractivity (Wildman–Crippen MR) is 137 cm³/mol. The average Bonchev–Trinajstić information content (AvgIpc) is 3.21. The van der Waals surface area contributed by atoms with Crippen molar-refractivity contribution < 1.29 is 18.0 Å². The Morgan fingerprint density at radius 2 is 1.68 bits per heavy atom. The average molecular weight is 502 g/mol. The Labute approximate surface area is 205 Å². The van der Waals surface area contributed by atoms with E-state index < -0.39 is 11.7 Å². The Kier molecular flexibility index (Phi) is 6.35. The summed E-state index contributed by atoms with van der Waals surface area (Å²) in [4.78, 5) is 17.1. The lowest BCUT2D eigenvalue weighted by molar-refractivity contribution is -0.137. The highest BCUT2D eigenvalue weighted by Gasteiger charge is 2.34. The van der Waals surface area contributed by atoms with Gasteiger partial charge in [0.15, 0.2) is 4.32 Å². The largest absolute Gasteiger partial charge is 0.416 e. The van der Waals surface area contributed by atoms with Crippen molar-refractivity contribution >= 4 is 51.7 Å². The Balaban J connectivity index is 1.67. The lowest BCUT2D eigenvalue weighted by Gasteiger charge is -2.17. The number of hydrogen-bond acceptors (Lipinski definition) is 4. The molecule has 1 saturated heterocycles. The van der Waals surface area contributed by atoms with Crippen LogP contribution in [0.1, 0.15) is 22.5 Å². The lowest BCUT2D eigenvalue weighted by atomic mass is 10.2. The molecule has 0 bridgehead atoms. The summed E-state index contributed by atoms with van der Waals surface area (Å²) >= 11 is 6.68. The third-order valence-corrected chi connectivity index (χ3v) is 6.91. The molecule has 0 spiro atoms. The highest BCUT2D eigenvalue weighted by molar-refractivity contribution is 8.27. The molecular weight excluding hydrogens is 479 g/mol. The fraction of sp³-hybridized carbons (Fsp3) is 0.200. The number of benzene rings is 2. The van der Waals surface area contributed by atoms with Gasteiger partial charge in [0, 0.05) is 36.9 Å². The quantitative estimate of drug-likeness (QED) is 0.298. The third-order valence-electron chi connectivity index (χ3n) is 5.61. The van der Waals surface area contributed by atoms with E-state index in [0.29, 0.717) is 20.6 Å². The summed E-state index contributed by atoms with van der Waals surface area (Å²) in [6.07, 6.45) is -2.67. The van der Waals surface area contributed by atoms with Crippen molar-refractivity contribution in [3.8, 4) is 5.69 Å². The van der Waals surface area contributed by atoms with Gasteiger partial charge in [0.05, 0.1) is 16.2 Å². The molecule has 1 aliphatic heterocycles. The summed E-state index contributed by atoms with van der Waals surface area (Å²) in [6, 6.07) is 14.6. The fourth-order valence-electron chi connectivity index (χ4n) is 3.88. The molecule has 1 aromatic heterocycles. The molecule has 1 aliphatic rings. The van der Waals surface area contributed by atoms with Crippen molar-refractivity contribution in [3.63, 3.8) is 0 Å². The first kappa shape index (κ1) is 24.1. The van der Waals surface area contributed by atoms with E-state index in [2.05, 4.69) is 0 Å². The van der Waals surface area contributed by atoms with Gasteiger partial charge in [-0.15, -0.1) is 0 Å². The van der Waals surface area contributed by atoms with E-state index in [4.69, 9.17) is 12.2 Å². The van der Waals surface area contributed by atoms with Gasteiger partial charge in [-0.2, -0.15) is 13.2 Å². The zero-order valence-electron chi connectivity index (χ0n) is 19.0. The standard InChI is InChI=1S/C25H22F3N3OS2/c1-15-12-17(16(2)30(15)21-7-5-6-18(14-21)25(26,27)28)13-22-23(32)31(24(33)34-22)20-10-8-19(9-11-20)29(3)4/h5-14H,1-4H3/b22-13+. The van der Waals surface area contributed by atoms with Crippen molar-refractivity contribution in [3.05, 3.63) is 82.0 Å². The summed E-state index contributed by atoms with van der Waals surface area (Å²) in [5.41, 5.74) is 3.64. The van der Waals surface area contributed by atoms with Crippen molar-refractivity contribution in [2.75, 3.05) is 23.9 Å². The van der Waals surface area contributed by atoms with E-state index in [1.807, 2.05) is 63.2 Å². The van der Waals surface area contributed by atoms with Gasteiger partial charge in [0.25, 0.3) is 5.91 Å². The van der Waals surface area contributed by atoms with E-state index in [-0.39, 0.29) is 5.91 Å². The molecule has 0 aliphatic carbocycles. The van der Waals surface area contributed by atoms with Gasteiger partial charge in [-0.3, -0.25) is 9.69 Å². The van der Waals surface area contributed by atoms with E-state index in [1.54, 1.807) is 16.7 Å². The Hall–Kier alpha value is -3.04. The van der Waals surface area contributed by atoms with Gasteiger partial charge >= 0.3 is 6.18 Å². The molecule has 2 aromatic carbocycles. The number of nitrogens with zero attached hydrogens (tertiary/aromatic N) is 3. The van der Waals surface area contributed by atoms with Gasteiger partial charge in [-0.05, 0) is 74.0 Å². The van der Waals surface area contributed by atoms with Gasteiger partial charge in [0.2, 0.25) is 0 Å². The monoisotopic (exact) mass is 501 g/mol. The molecule has 34 heavy (non-hydrogen) atoms. The maximum Gasteiger partial charge on any atom is 0.416 e. The summed E-state index contributed by atoms with van der Waals surface area (Å²) in [7, 11) is 3.88. The van der Waals surface area contributed by atoms with Crippen LogP contribution in [0.25, 0.3) is 11.8 Å². The smallest absolute Gasteiger partial charge is 0.378 e. The van der Waals surface area contributed by atoms with E-state index >= 15 is 0 Å². The number of anilines is 2. The number of hydrogen-bond donors (Lipinski definition) is 0. The number of thiocarbonyl (C=S) groups is 1. The van der Waals surface area contributed by atoms with Crippen LogP contribution in [0.3, 0.4) is 0 Å². The number of amides is 1. The minimum absolute atomic E-state index is 0.225. The molecule has 0 N–H and O–H groups in total. The van der Waals surface area contributed by atoms with Crippen molar-refractivity contribution in [1.82, 2.24) is 4.57 Å². The van der Waals surface area contributed by atoms with Crippen LogP contribution in [0.15, 0.2) is 59.5 Å². The second-order valence-corrected chi connectivity index (χ2v) is 9.81. The van der Waals surface area contributed by atoms with Crippen LogP contribution in [0.2, 0.25) is 0 Å². The maximum absolute atomic E-state index is 13.2. The molecule has 0 atom stereocenters. The summed E-state index contributed by atoms with van der Waals surface area (Å²) in [5.74, 6) is -0.225. The second kappa shape index (κ2) is 8.96. The summed E-state index contributed by atoms with van der Waals surface area (Å²) < 4.78 is 41.8. The highest BCUT2D eigenvalue weighted by atomic mass is 32.2. The molecule has 9 heteroatoms. The second-order valence-electron chi connectivity index (χ2n) is 8.14. The Morgan fingerprint density at radius 1 is 1.00 bits per heavy atom. The van der Waals surface area contributed by atoms with Crippen LogP contribution in [-0.4, -0.2) is 28.9 Å². The van der Waals surface area contributed by atoms with Gasteiger partial charge in [-0.1, -0.05) is 30.0 Å². The topological polar surface area (TPSA) is 28.5 Å². The molecule has 1 amide bonds. The number of halogens is 3. The van der Waals surface area contributed by atoms with Crippen LogP contribution >= 0.6 is 24.0 Å². The first-order chi connectivity index (χ1) is 16.0. The molecule has 176 valence electrons. The molecule has 0 unspecified atom stereocenters. The molecule has 3 aromatic rings. The summed E-state index contributed by atoms with van der Waals surface area (Å²) in [5, 5.41) is 0. The molecule has 2 heterocycles. The minimum Gasteiger partial charge on any atom is -0.378 e. The van der Waals surface area contributed by atoms with Crippen LogP contribution in [0, 0.1) is 13.8 Å². The number of thioether (sulfide) groups is 1. The predicted octanol–water partition coefficient (Wildman–Crippen LogP) is 6.58. The van der Waals surface area contributed by atoms with Crippen LogP contribution in [0.4, 0.5) is 24.5 Å². The van der Waals surface area contributed by atoms with Crippen LogP contribution in [-0.2, 0) is 11.0 Å². The van der Waals surface area contributed by atoms with Crippen molar-refractivity contribution in [2.24, 2.45) is 0 Å². The van der Waals surface area contributed by atoms with E-state index in [9.17, 15) is 18.0 Å². The first-order valence-electron chi connectivity index (χ1n) is 10.4. The van der Waals surface area contributed by atoms with E-state index in [0.717, 1.165) is 34.8 Å². The fourth-order valence-corrected chi connectivity index (χ4v) is 5.17. The third kappa shape index (κ3) is 4.50. The van der Waals surface area contributed by atoms with Crippen LogP contribution < -0.4 is 9.80 Å². The Morgan fingerprint density at radius 3 is 2.29 bits per heavy atom. The van der Waals surface area contributed by atoms with E-state index in [1.165, 1.54) is 22.7 Å².